The normalized spacial score (nSPS) is 14.8. The molecule has 1 aliphatic heterocycles. The number of hydrogen-bond donors (Lipinski definition) is 1. The zero-order valence-electron chi connectivity index (χ0n) is 16.2. The fourth-order valence-electron chi connectivity index (χ4n) is 3.65. The Hall–Kier alpha value is -2.06. The summed E-state index contributed by atoms with van der Waals surface area (Å²) in [6, 6.07) is 20.7. The van der Waals surface area contributed by atoms with Gasteiger partial charge in [0, 0.05) is 18.3 Å². The molecule has 0 spiro atoms. The molecule has 1 fully saturated rings. The molecule has 0 bridgehead atoms. The number of benzene rings is 2. The molecule has 26 heavy (non-hydrogen) atoms. The van der Waals surface area contributed by atoms with Crippen LogP contribution in [-0.4, -0.2) is 25.7 Å². The number of nitrogens with zero attached hydrogens (tertiary/aromatic N) is 1. The van der Waals surface area contributed by atoms with E-state index in [9.17, 15) is 0 Å². The Balaban J connectivity index is 1.67. The van der Waals surface area contributed by atoms with Gasteiger partial charge in [0.1, 0.15) is 0 Å². The minimum Gasteiger partial charge on any atom is -0.365 e. The number of hydrogen-bond acceptors (Lipinski definition) is 2. The number of anilines is 1. The van der Waals surface area contributed by atoms with Gasteiger partial charge in [-0.2, -0.15) is 0 Å². The molecule has 0 unspecified atom stereocenters. The summed E-state index contributed by atoms with van der Waals surface area (Å²) >= 11 is 0. The van der Waals surface area contributed by atoms with Crippen LogP contribution in [0.3, 0.4) is 0 Å². The highest BCUT2D eigenvalue weighted by molar-refractivity contribution is 5.49. The zero-order chi connectivity index (χ0) is 18.2. The summed E-state index contributed by atoms with van der Waals surface area (Å²) in [6.45, 7) is 7.65. The number of nitrogens with one attached hydrogen (secondary N) is 1. The van der Waals surface area contributed by atoms with Crippen LogP contribution in [0.15, 0.2) is 66.2 Å². The number of allylic oxidation sites excluding steroid dienone is 1. The van der Waals surface area contributed by atoms with Crippen LogP contribution in [0, 0.1) is 0 Å². The van der Waals surface area contributed by atoms with Crippen LogP contribution >= 0.6 is 0 Å². The molecule has 138 valence electrons. The third-order valence-electron chi connectivity index (χ3n) is 5.26. The molecule has 0 aromatic heterocycles. The molecule has 0 radical (unpaired) electrons. The third kappa shape index (κ3) is 5.47. The molecular weight excluding hydrogens is 316 g/mol. The van der Waals surface area contributed by atoms with E-state index in [0.29, 0.717) is 6.04 Å². The van der Waals surface area contributed by atoms with Gasteiger partial charge in [0.25, 0.3) is 0 Å². The van der Waals surface area contributed by atoms with Crippen LogP contribution in [0.4, 0.5) is 5.69 Å². The van der Waals surface area contributed by atoms with Crippen molar-refractivity contribution in [3.05, 3.63) is 77.4 Å². The van der Waals surface area contributed by atoms with E-state index >= 15 is 0 Å². The largest absolute Gasteiger partial charge is 0.365 e. The average Bonchev–Trinajstić information content (AvgIpc) is 2.69. The highest BCUT2D eigenvalue weighted by atomic mass is 15.2. The van der Waals surface area contributed by atoms with E-state index < -0.39 is 0 Å². The second kappa shape index (κ2) is 9.59. The van der Waals surface area contributed by atoms with E-state index in [-0.39, 0.29) is 0 Å². The van der Waals surface area contributed by atoms with E-state index in [1.807, 2.05) is 0 Å². The van der Waals surface area contributed by atoms with Crippen LogP contribution in [0.2, 0.25) is 0 Å². The van der Waals surface area contributed by atoms with Gasteiger partial charge in [-0.15, -0.1) is 0 Å². The second-order valence-electron chi connectivity index (χ2n) is 7.57. The van der Waals surface area contributed by atoms with Crippen molar-refractivity contribution in [3.8, 4) is 0 Å². The van der Waals surface area contributed by atoms with E-state index in [4.69, 9.17) is 0 Å². The number of piperidine rings is 1. The molecule has 2 heteroatoms. The van der Waals surface area contributed by atoms with Crippen molar-refractivity contribution in [1.29, 1.82) is 0 Å². The Labute approximate surface area is 158 Å². The van der Waals surface area contributed by atoms with Crippen LogP contribution in [0.1, 0.15) is 37.8 Å². The van der Waals surface area contributed by atoms with Gasteiger partial charge in [-0.05, 0) is 75.9 Å². The Kier molecular flexibility index (Phi) is 6.90. The van der Waals surface area contributed by atoms with Crippen molar-refractivity contribution in [3.63, 3.8) is 0 Å². The molecule has 1 saturated heterocycles. The minimum absolute atomic E-state index is 0.641. The summed E-state index contributed by atoms with van der Waals surface area (Å²) in [5, 5.41) is 3.49. The number of rotatable bonds is 7. The van der Waals surface area contributed by atoms with Crippen molar-refractivity contribution in [1.82, 2.24) is 5.32 Å². The average molecular weight is 349 g/mol. The highest BCUT2D eigenvalue weighted by Crippen LogP contribution is 2.23. The monoisotopic (exact) mass is 348 g/mol. The topological polar surface area (TPSA) is 15.3 Å². The molecule has 2 aromatic carbocycles. The lowest BCUT2D eigenvalue weighted by atomic mass is 10.0. The second-order valence-corrected chi connectivity index (χ2v) is 7.57. The van der Waals surface area contributed by atoms with E-state index in [1.165, 1.54) is 35.2 Å². The SMILES string of the molecule is CC(C)=CCN(c1ccc(CCc2ccccc2)cc1)C1CCNCC1. The van der Waals surface area contributed by atoms with Crippen molar-refractivity contribution in [2.75, 3.05) is 24.5 Å². The summed E-state index contributed by atoms with van der Waals surface area (Å²) in [7, 11) is 0. The molecule has 0 aliphatic carbocycles. The molecule has 3 rings (SSSR count). The van der Waals surface area contributed by atoms with Crippen molar-refractivity contribution in [2.24, 2.45) is 0 Å². The molecule has 0 amide bonds. The molecule has 1 aliphatic rings. The maximum atomic E-state index is 3.49. The summed E-state index contributed by atoms with van der Waals surface area (Å²) in [6.07, 6.45) is 7.02. The fourth-order valence-corrected chi connectivity index (χ4v) is 3.65. The van der Waals surface area contributed by atoms with Gasteiger partial charge in [-0.25, -0.2) is 0 Å². The maximum absolute atomic E-state index is 3.49. The van der Waals surface area contributed by atoms with Gasteiger partial charge >= 0.3 is 0 Å². The molecule has 1 N–H and O–H groups in total. The zero-order valence-corrected chi connectivity index (χ0v) is 16.2. The first-order valence-electron chi connectivity index (χ1n) is 9.96. The molecule has 2 nitrogen and oxygen atoms in total. The predicted octanol–water partition coefficient (Wildman–Crippen LogP) is 5.00. The van der Waals surface area contributed by atoms with Crippen LogP contribution in [-0.2, 0) is 12.8 Å². The third-order valence-corrected chi connectivity index (χ3v) is 5.26. The number of aryl methyl sites for hydroxylation is 2. The quantitative estimate of drug-likeness (QED) is 0.709. The summed E-state index contributed by atoms with van der Waals surface area (Å²) in [5.41, 5.74) is 5.59. The molecule has 0 atom stereocenters. The van der Waals surface area contributed by atoms with E-state index in [0.717, 1.165) is 32.5 Å². The minimum atomic E-state index is 0.641. The molecule has 2 aromatic rings. The van der Waals surface area contributed by atoms with E-state index in [2.05, 4.69) is 84.7 Å². The first kappa shape index (κ1) is 18.7. The molecular formula is C24H32N2. The summed E-state index contributed by atoms with van der Waals surface area (Å²) in [4.78, 5) is 2.59. The van der Waals surface area contributed by atoms with Gasteiger partial charge < -0.3 is 10.2 Å². The van der Waals surface area contributed by atoms with Crippen molar-refractivity contribution < 1.29 is 0 Å². The summed E-state index contributed by atoms with van der Waals surface area (Å²) < 4.78 is 0. The fraction of sp³-hybridized carbons (Fsp3) is 0.417. The lowest BCUT2D eigenvalue weighted by Crippen LogP contribution is -2.43. The van der Waals surface area contributed by atoms with Crippen LogP contribution < -0.4 is 10.2 Å². The van der Waals surface area contributed by atoms with Crippen LogP contribution in [0.5, 0.6) is 0 Å². The molecule has 1 heterocycles. The van der Waals surface area contributed by atoms with Gasteiger partial charge in [0.15, 0.2) is 0 Å². The predicted molar refractivity (Wildman–Crippen MR) is 113 cm³/mol. The highest BCUT2D eigenvalue weighted by Gasteiger charge is 2.20. The van der Waals surface area contributed by atoms with Crippen molar-refractivity contribution in [2.45, 2.75) is 45.6 Å². The first-order chi connectivity index (χ1) is 12.7. The lowest BCUT2D eigenvalue weighted by molar-refractivity contribution is 0.437. The summed E-state index contributed by atoms with van der Waals surface area (Å²) in [5.74, 6) is 0. The Morgan fingerprint density at radius 1 is 0.923 bits per heavy atom. The molecule has 0 saturated carbocycles. The van der Waals surface area contributed by atoms with Gasteiger partial charge in [0.05, 0.1) is 0 Å². The maximum Gasteiger partial charge on any atom is 0.0371 e. The first-order valence-corrected chi connectivity index (χ1v) is 9.96. The van der Waals surface area contributed by atoms with Crippen molar-refractivity contribution >= 4 is 5.69 Å². The van der Waals surface area contributed by atoms with Gasteiger partial charge in [0.2, 0.25) is 0 Å². The standard InChI is InChI=1S/C24H32N2/c1-20(2)16-19-26(24-14-17-25-18-15-24)23-12-10-22(11-13-23)9-8-21-6-4-3-5-7-21/h3-7,10-13,16,24-25H,8-9,14-15,17-19H2,1-2H3. The van der Waals surface area contributed by atoms with Gasteiger partial charge in [-0.3, -0.25) is 0 Å². The Morgan fingerprint density at radius 2 is 1.54 bits per heavy atom. The Morgan fingerprint density at radius 3 is 2.15 bits per heavy atom. The van der Waals surface area contributed by atoms with Gasteiger partial charge in [-0.1, -0.05) is 54.1 Å². The smallest absolute Gasteiger partial charge is 0.0371 e. The van der Waals surface area contributed by atoms with E-state index in [1.54, 1.807) is 0 Å². The lowest BCUT2D eigenvalue weighted by Gasteiger charge is -2.36. The van der Waals surface area contributed by atoms with Crippen LogP contribution in [0.25, 0.3) is 0 Å². The Bertz CT molecular complexity index is 678.